The monoisotopic (exact) mass is 548 g/mol. The summed E-state index contributed by atoms with van der Waals surface area (Å²) in [6.45, 7) is 0. The predicted molar refractivity (Wildman–Crippen MR) is 179 cm³/mol. The van der Waals surface area contributed by atoms with Crippen molar-refractivity contribution >= 4 is 23.8 Å². The van der Waals surface area contributed by atoms with Gasteiger partial charge in [-0.2, -0.15) is 0 Å². The van der Waals surface area contributed by atoms with Crippen molar-refractivity contribution in [2.75, 3.05) is 0 Å². The molecule has 202 valence electrons. The fourth-order valence-corrected chi connectivity index (χ4v) is 7.13. The molecule has 0 unspecified atom stereocenters. The third-order valence-electron chi connectivity index (χ3n) is 9.21. The third-order valence-corrected chi connectivity index (χ3v) is 9.21. The Balaban J connectivity index is 0.916. The molecule has 0 amide bonds. The van der Waals surface area contributed by atoms with Gasteiger partial charge in [-0.25, -0.2) is 0 Å². The molecule has 0 N–H and O–H groups in total. The van der Waals surface area contributed by atoms with E-state index in [-0.39, 0.29) is 0 Å². The van der Waals surface area contributed by atoms with Crippen LogP contribution in [0.25, 0.3) is 33.4 Å². The second kappa shape index (κ2) is 9.61. The molecule has 0 saturated heterocycles. The molecule has 6 aromatic rings. The average molecular weight is 549 g/mol. The van der Waals surface area contributed by atoms with Crippen molar-refractivity contribution in [1.29, 1.82) is 0 Å². The largest absolute Gasteiger partial charge is 0.256 e. The van der Waals surface area contributed by atoms with Crippen LogP contribution < -0.4 is 0 Å². The molecule has 0 heterocycles. The van der Waals surface area contributed by atoms with Crippen LogP contribution in [0.4, 0.5) is 11.4 Å². The summed E-state index contributed by atoms with van der Waals surface area (Å²) < 4.78 is 0. The van der Waals surface area contributed by atoms with Crippen LogP contribution in [-0.2, 0) is 19.3 Å². The summed E-state index contributed by atoms with van der Waals surface area (Å²) in [5.74, 6) is 0. The van der Waals surface area contributed by atoms with E-state index in [0.29, 0.717) is 0 Å². The normalized spacial score (nSPS) is 13.6. The van der Waals surface area contributed by atoms with Gasteiger partial charge in [0, 0.05) is 12.4 Å². The fraction of sp³-hybridized carbons (Fsp3) is 0.0732. The lowest BCUT2D eigenvalue weighted by Crippen LogP contribution is -1.86. The van der Waals surface area contributed by atoms with Crippen LogP contribution in [0.2, 0.25) is 0 Å². The molecule has 3 aliphatic rings. The van der Waals surface area contributed by atoms with Crippen LogP contribution in [-0.4, -0.2) is 12.4 Å². The summed E-state index contributed by atoms with van der Waals surface area (Å²) in [6.07, 6.45) is 6.90. The van der Waals surface area contributed by atoms with Crippen molar-refractivity contribution in [3.8, 4) is 33.4 Å². The van der Waals surface area contributed by atoms with Gasteiger partial charge in [-0.3, -0.25) is 9.98 Å². The Morgan fingerprint density at radius 2 is 0.721 bits per heavy atom. The fourth-order valence-electron chi connectivity index (χ4n) is 7.13. The number of rotatable bonds is 4. The zero-order chi connectivity index (χ0) is 28.3. The first kappa shape index (κ1) is 24.3. The molecule has 0 spiro atoms. The van der Waals surface area contributed by atoms with Gasteiger partial charge in [-0.1, -0.05) is 84.9 Å². The van der Waals surface area contributed by atoms with Gasteiger partial charge in [0.05, 0.1) is 11.4 Å². The summed E-state index contributed by atoms with van der Waals surface area (Å²) in [5.41, 5.74) is 20.6. The van der Waals surface area contributed by atoms with E-state index in [1.807, 2.05) is 12.4 Å². The number of benzene rings is 6. The van der Waals surface area contributed by atoms with Gasteiger partial charge in [-0.15, -0.1) is 0 Å². The molecule has 0 radical (unpaired) electrons. The van der Waals surface area contributed by atoms with Crippen LogP contribution in [0.1, 0.15) is 44.5 Å². The molecular formula is C41H28N2. The Hall–Kier alpha value is -5.34. The van der Waals surface area contributed by atoms with Crippen LogP contribution in [0.3, 0.4) is 0 Å². The third kappa shape index (κ3) is 4.18. The number of hydrogen-bond donors (Lipinski definition) is 0. The Labute approximate surface area is 251 Å². The van der Waals surface area contributed by atoms with Gasteiger partial charge in [-0.05, 0) is 134 Å². The Kier molecular flexibility index (Phi) is 5.42. The van der Waals surface area contributed by atoms with E-state index >= 15 is 0 Å². The minimum Gasteiger partial charge on any atom is -0.256 e. The first-order chi connectivity index (χ1) is 21.2. The number of fused-ring (bicyclic) bond motifs is 9. The highest BCUT2D eigenvalue weighted by Crippen LogP contribution is 2.41. The summed E-state index contributed by atoms with van der Waals surface area (Å²) in [7, 11) is 0. The Bertz CT molecular complexity index is 2010. The summed E-state index contributed by atoms with van der Waals surface area (Å²) in [6, 6.07) is 44.0. The van der Waals surface area contributed by atoms with Crippen LogP contribution >= 0.6 is 0 Å². The van der Waals surface area contributed by atoms with Gasteiger partial charge in [0.25, 0.3) is 0 Å². The zero-order valence-electron chi connectivity index (χ0n) is 23.7. The molecule has 0 bridgehead atoms. The van der Waals surface area contributed by atoms with Crippen molar-refractivity contribution < 1.29 is 0 Å². The van der Waals surface area contributed by atoms with Crippen molar-refractivity contribution in [3.05, 3.63) is 166 Å². The maximum absolute atomic E-state index is 4.86. The molecule has 0 aromatic heterocycles. The van der Waals surface area contributed by atoms with Gasteiger partial charge in [0.15, 0.2) is 0 Å². The molecule has 2 heteroatoms. The zero-order valence-corrected chi connectivity index (χ0v) is 23.7. The predicted octanol–water partition coefficient (Wildman–Crippen LogP) is 9.90. The summed E-state index contributed by atoms with van der Waals surface area (Å²) in [5, 5.41) is 0. The van der Waals surface area contributed by atoms with Crippen LogP contribution in [0.5, 0.6) is 0 Å². The molecule has 2 nitrogen and oxygen atoms in total. The molecular weight excluding hydrogens is 520 g/mol. The van der Waals surface area contributed by atoms with Crippen molar-refractivity contribution in [1.82, 2.24) is 0 Å². The second-order valence-corrected chi connectivity index (χ2v) is 11.9. The van der Waals surface area contributed by atoms with Gasteiger partial charge in [0.1, 0.15) is 0 Å². The topological polar surface area (TPSA) is 24.7 Å². The maximum Gasteiger partial charge on any atom is 0.0633 e. The highest BCUT2D eigenvalue weighted by molar-refractivity contribution is 5.88. The second-order valence-electron chi connectivity index (χ2n) is 11.9. The van der Waals surface area contributed by atoms with Crippen LogP contribution in [0.15, 0.2) is 131 Å². The summed E-state index contributed by atoms with van der Waals surface area (Å²) >= 11 is 0. The lowest BCUT2D eigenvalue weighted by molar-refractivity contribution is 1.25. The van der Waals surface area contributed by atoms with Crippen molar-refractivity contribution in [3.63, 3.8) is 0 Å². The van der Waals surface area contributed by atoms with Crippen molar-refractivity contribution in [2.24, 2.45) is 9.98 Å². The van der Waals surface area contributed by atoms with Crippen molar-refractivity contribution in [2.45, 2.75) is 19.3 Å². The number of hydrogen-bond acceptors (Lipinski definition) is 2. The molecule has 3 aliphatic carbocycles. The first-order valence-corrected chi connectivity index (χ1v) is 15.0. The molecule has 6 aromatic carbocycles. The highest BCUT2D eigenvalue weighted by Gasteiger charge is 2.20. The number of aliphatic imine (C=N–C) groups is 2. The molecule has 43 heavy (non-hydrogen) atoms. The first-order valence-electron chi connectivity index (χ1n) is 15.0. The Morgan fingerprint density at radius 1 is 0.349 bits per heavy atom. The quantitative estimate of drug-likeness (QED) is 0.196. The lowest BCUT2D eigenvalue weighted by atomic mass is 10.0. The standard InChI is InChI=1S/C41H28N2/c1-3-7-36-28(5-1)19-30-17-26(9-13-38(30)36)24-42-34-11-15-40-32(22-34)21-33-23-35(12-16-41(33)40)43-25-27-10-14-39-31(18-27)20-29-6-2-4-8-37(29)39/h1-18,22-25H,19-21H2. The SMILES string of the molecule is C(=Nc1ccc2c(c1)Cc1cc(N=Cc3ccc4c(c3)Cc3ccccc3-4)ccc1-2)c1ccc2c(c1)Cc1ccccc1-2. The molecule has 0 fully saturated rings. The minimum absolute atomic E-state index is 0.908. The number of nitrogens with zero attached hydrogens (tertiary/aromatic N) is 2. The van der Waals surface area contributed by atoms with E-state index in [2.05, 4.69) is 121 Å². The van der Waals surface area contributed by atoms with Gasteiger partial charge >= 0.3 is 0 Å². The van der Waals surface area contributed by atoms with Crippen LogP contribution in [0, 0.1) is 0 Å². The van der Waals surface area contributed by atoms with E-state index in [9.17, 15) is 0 Å². The molecule has 9 rings (SSSR count). The van der Waals surface area contributed by atoms with E-state index in [0.717, 1.165) is 41.8 Å². The van der Waals surface area contributed by atoms with E-state index in [1.165, 1.54) is 66.8 Å². The molecule has 0 aliphatic heterocycles. The van der Waals surface area contributed by atoms with E-state index < -0.39 is 0 Å². The van der Waals surface area contributed by atoms with Gasteiger partial charge in [0.2, 0.25) is 0 Å². The molecule has 0 atom stereocenters. The average Bonchev–Trinajstić information content (AvgIpc) is 3.72. The highest BCUT2D eigenvalue weighted by atomic mass is 14.7. The maximum atomic E-state index is 4.86. The lowest BCUT2D eigenvalue weighted by Gasteiger charge is -2.04. The van der Waals surface area contributed by atoms with E-state index in [4.69, 9.17) is 9.98 Å². The smallest absolute Gasteiger partial charge is 0.0633 e. The van der Waals surface area contributed by atoms with Gasteiger partial charge < -0.3 is 0 Å². The summed E-state index contributed by atoms with van der Waals surface area (Å²) in [4.78, 5) is 9.72. The van der Waals surface area contributed by atoms with E-state index in [1.54, 1.807) is 0 Å². The Morgan fingerprint density at radius 3 is 1.21 bits per heavy atom. The molecule has 0 saturated carbocycles. The minimum atomic E-state index is 0.908.